The summed E-state index contributed by atoms with van der Waals surface area (Å²) in [7, 11) is 0. The van der Waals surface area contributed by atoms with Crippen molar-refractivity contribution in [1.29, 1.82) is 0 Å². The van der Waals surface area contributed by atoms with E-state index in [1.807, 2.05) is 18.2 Å². The Morgan fingerprint density at radius 3 is 1.82 bits per heavy atom. The van der Waals surface area contributed by atoms with E-state index in [0.29, 0.717) is 5.76 Å². The number of fused-ring (bicyclic) bond motifs is 6. The lowest BCUT2D eigenvalue weighted by Crippen LogP contribution is -2.11. The van der Waals surface area contributed by atoms with Gasteiger partial charge in [-0.3, -0.25) is 0 Å². The number of benzene rings is 3. The summed E-state index contributed by atoms with van der Waals surface area (Å²) in [4.78, 5) is 0. The summed E-state index contributed by atoms with van der Waals surface area (Å²) in [6.45, 7) is 5.89. The molecule has 22 heavy (non-hydrogen) atoms. The largest absolute Gasteiger partial charge is 0.453 e. The molecule has 0 spiro atoms. The van der Waals surface area contributed by atoms with E-state index in [1.165, 1.54) is 10.8 Å². The maximum atomic E-state index is 6.19. The monoisotopic (exact) mass is 288 g/mol. The third-order valence-electron chi connectivity index (χ3n) is 4.06. The molecule has 0 aliphatic carbocycles. The topological polar surface area (TPSA) is 18.5 Å². The van der Waals surface area contributed by atoms with Crippen LogP contribution >= 0.6 is 0 Å². The molecule has 1 aliphatic heterocycles. The van der Waals surface area contributed by atoms with Crippen LogP contribution in [0.3, 0.4) is 0 Å². The van der Waals surface area contributed by atoms with E-state index < -0.39 is 0 Å². The van der Waals surface area contributed by atoms with Crippen LogP contribution in [0.15, 0.2) is 72.7 Å². The Morgan fingerprint density at radius 1 is 0.818 bits per heavy atom. The Bertz CT molecular complexity index is 935. The van der Waals surface area contributed by atoms with Gasteiger partial charge in [-0.1, -0.05) is 62.0 Å². The van der Waals surface area contributed by atoms with Crippen LogP contribution in [0.5, 0.6) is 11.5 Å². The van der Waals surface area contributed by atoms with Crippen molar-refractivity contribution >= 4 is 21.5 Å². The van der Waals surface area contributed by atoms with Crippen LogP contribution in [-0.2, 0) is 0 Å². The van der Waals surface area contributed by atoms with E-state index in [1.54, 1.807) is 6.08 Å². The fourth-order valence-corrected chi connectivity index (χ4v) is 3.02. The van der Waals surface area contributed by atoms with Crippen molar-refractivity contribution in [1.82, 2.24) is 0 Å². The van der Waals surface area contributed by atoms with E-state index in [2.05, 4.69) is 43.8 Å². The number of ether oxygens (including phenoxy) is 2. The minimum absolute atomic E-state index is 0.704. The lowest BCUT2D eigenvalue weighted by atomic mass is 9.99. The zero-order valence-corrected chi connectivity index (χ0v) is 12.4. The zero-order valence-electron chi connectivity index (χ0n) is 12.4. The third-order valence-corrected chi connectivity index (χ3v) is 4.06. The summed E-state index contributed by atoms with van der Waals surface area (Å²) in [5, 5.41) is 4.48. The molecule has 0 unspecified atom stereocenters. The van der Waals surface area contributed by atoms with E-state index in [9.17, 15) is 0 Å². The molecule has 0 N–H and O–H groups in total. The maximum absolute atomic E-state index is 6.19. The molecule has 0 atom stereocenters. The van der Waals surface area contributed by atoms with Crippen LogP contribution in [0, 0.1) is 0 Å². The molecule has 108 valence electrons. The molecule has 0 fully saturated rings. The Balaban J connectivity index is 2.13. The highest BCUT2D eigenvalue weighted by atomic mass is 16.6. The second kappa shape index (κ2) is 4.92. The van der Waals surface area contributed by atoms with Gasteiger partial charge in [-0.05, 0) is 16.8 Å². The van der Waals surface area contributed by atoms with Crippen molar-refractivity contribution in [2.45, 2.75) is 13.3 Å². The SMILES string of the molecule is C=CC1=C(CC)Oc2c(c3ccccc3c3ccccc23)O1. The van der Waals surface area contributed by atoms with Crippen LogP contribution in [0.2, 0.25) is 0 Å². The quantitative estimate of drug-likeness (QED) is 0.574. The zero-order chi connectivity index (χ0) is 15.1. The molecule has 2 heteroatoms. The summed E-state index contributed by atoms with van der Waals surface area (Å²) in [5.74, 6) is 3.11. The highest BCUT2D eigenvalue weighted by Gasteiger charge is 2.24. The molecule has 1 aliphatic rings. The predicted molar refractivity (Wildman–Crippen MR) is 90.2 cm³/mol. The average molecular weight is 288 g/mol. The molecule has 3 aromatic rings. The first-order valence-electron chi connectivity index (χ1n) is 7.48. The van der Waals surface area contributed by atoms with Gasteiger partial charge in [0.25, 0.3) is 0 Å². The van der Waals surface area contributed by atoms with Gasteiger partial charge in [-0.25, -0.2) is 0 Å². The van der Waals surface area contributed by atoms with Gasteiger partial charge in [0.05, 0.1) is 0 Å². The Morgan fingerprint density at radius 2 is 1.32 bits per heavy atom. The van der Waals surface area contributed by atoms with E-state index in [0.717, 1.165) is 34.5 Å². The third kappa shape index (κ3) is 1.74. The summed E-state index contributed by atoms with van der Waals surface area (Å²) in [6, 6.07) is 16.5. The highest BCUT2D eigenvalue weighted by Crippen LogP contribution is 2.47. The van der Waals surface area contributed by atoms with Gasteiger partial charge in [0.1, 0.15) is 5.76 Å². The molecule has 0 saturated carbocycles. The van der Waals surface area contributed by atoms with E-state index >= 15 is 0 Å². The molecule has 0 amide bonds. The second-order valence-electron chi connectivity index (χ2n) is 5.30. The maximum Gasteiger partial charge on any atom is 0.178 e. The summed E-state index contributed by atoms with van der Waals surface area (Å²) >= 11 is 0. The lowest BCUT2D eigenvalue weighted by Gasteiger charge is -2.24. The number of allylic oxidation sites excluding steroid dienone is 2. The van der Waals surface area contributed by atoms with Crippen molar-refractivity contribution in [3.63, 3.8) is 0 Å². The second-order valence-corrected chi connectivity index (χ2v) is 5.30. The Hall–Kier alpha value is -2.74. The summed E-state index contributed by atoms with van der Waals surface area (Å²) in [6.07, 6.45) is 2.48. The van der Waals surface area contributed by atoms with Crippen molar-refractivity contribution in [3.8, 4) is 11.5 Å². The van der Waals surface area contributed by atoms with Crippen molar-refractivity contribution < 1.29 is 9.47 Å². The molecular formula is C20H16O2. The molecule has 1 heterocycles. The summed E-state index contributed by atoms with van der Waals surface area (Å²) < 4.78 is 12.3. The van der Waals surface area contributed by atoms with Gasteiger partial charge >= 0.3 is 0 Å². The van der Waals surface area contributed by atoms with E-state index in [-0.39, 0.29) is 0 Å². The number of rotatable bonds is 2. The van der Waals surface area contributed by atoms with Gasteiger partial charge in [-0.2, -0.15) is 0 Å². The average Bonchev–Trinajstić information content (AvgIpc) is 2.60. The van der Waals surface area contributed by atoms with Crippen molar-refractivity contribution in [2.24, 2.45) is 0 Å². The molecule has 0 bridgehead atoms. The minimum Gasteiger partial charge on any atom is -0.453 e. The van der Waals surface area contributed by atoms with Gasteiger partial charge in [0, 0.05) is 17.2 Å². The first-order valence-corrected chi connectivity index (χ1v) is 7.48. The van der Waals surface area contributed by atoms with Crippen LogP contribution in [0.25, 0.3) is 21.5 Å². The first kappa shape index (κ1) is 13.0. The molecule has 0 aromatic heterocycles. The fraction of sp³-hybridized carbons (Fsp3) is 0.100. The molecule has 4 rings (SSSR count). The molecule has 2 nitrogen and oxygen atoms in total. The van der Waals surface area contributed by atoms with Gasteiger partial charge in [-0.15, -0.1) is 0 Å². The van der Waals surface area contributed by atoms with E-state index in [4.69, 9.17) is 9.47 Å². The fourth-order valence-electron chi connectivity index (χ4n) is 3.02. The van der Waals surface area contributed by atoms with Crippen LogP contribution in [-0.4, -0.2) is 0 Å². The molecule has 3 aromatic carbocycles. The number of hydrogen-bond donors (Lipinski definition) is 0. The van der Waals surface area contributed by atoms with Gasteiger partial charge in [0.2, 0.25) is 0 Å². The Labute approximate surface area is 129 Å². The standard InChI is InChI=1S/C20H16O2/c1-3-17-18(4-2)22-20-16-12-8-6-10-14(16)13-9-5-7-11-15(13)19(20)21-17/h3,5-12H,1,4H2,2H3. The molecular weight excluding hydrogens is 272 g/mol. The number of hydrogen-bond acceptors (Lipinski definition) is 2. The highest BCUT2D eigenvalue weighted by molar-refractivity contribution is 6.14. The molecule has 0 saturated heterocycles. The normalized spacial score (nSPS) is 13.7. The lowest BCUT2D eigenvalue weighted by molar-refractivity contribution is 0.302. The van der Waals surface area contributed by atoms with Crippen LogP contribution < -0.4 is 9.47 Å². The van der Waals surface area contributed by atoms with Gasteiger partial charge in [0.15, 0.2) is 17.3 Å². The molecule has 0 radical (unpaired) electrons. The predicted octanol–water partition coefficient (Wildman–Crippen LogP) is 5.57. The summed E-state index contributed by atoms with van der Waals surface area (Å²) in [5.41, 5.74) is 0. The van der Waals surface area contributed by atoms with Crippen molar-refractivity contribution in [2.75, 3.05) is 0 Å². The van der Waals surface area contributed by atoms with Crippen LogP contribution in [0.4, 0.5) is 0 Å². The Kier molecular flexibility index (Phi) is 2.90. The van der Waals surface area contributed by atoms with Crippen molar-refractivity contribution in [3.05, 3.63) is 72.7 Å². The minimum atomic E-state index is 0.704. The first-order chi connectivity index (χ1) is 10.8. The van der Waals surface area contributed by atoms with Gasteiger partial charge < -0.3 is 9.47 Å². The van der Waals surface area contributed by atoms with Crippen LogP contribution in [0.1, 0.15) is 13.3 Å². The smallest absolute Gasteiger partial charge is 0.178 e.